The van der Waals surface area contributed by atoms with Gasteiger partial charge < -0.3 is 34.8 Å². The zero-order valence-corrected chi connectivity index (χ0v) is 22.2. The lowest BCUT2D eigenvalue weighted by Gasteiger charge is -2.39. The molecule has 4 N–H and O–H groups in total. The largest absolute Gasteiger partial charge is 0.390 e. The Labute approximate surface area is 222 Å². The van der Waals surface area contributed by atoms with Crippen LogP contribution in [0.25, 0.3) is 27.6 Å². The SMILES string of the molecule is C/C(=C(/C#N)C(=O)NC[C@H]1OC(O)[C@H](C)[C@@H](O)[C@@H]1O)c1ccc(-c2ccc3cc(N(C)C)ccc3c2)n1C. The minimum absolute atomic E-state index is 0.0766. The van der Waals surface area contributed by atoms with E-state index < -0.39 is 36.4 Å². The number of ether oxygens (including phenoxy) is 1. The number of nitrogens with one attached hydrogen (secondary N) is 1. The van der Waals surface area contributed by atoms with E-state index in [1.807, 2.05) is 43.9 Å². The third kappa shape index (κ3) is 5.17. The summed E-state index contributed by atoms with van der Waals surface area (Å²) in [6, 6.07) is 18.4. The third-order valence-corrected chi connectivity index (χ3v) is 7.35. The molecule has 0 bridgehead atoms. The summed E-state index contributed by atoms with van der Waals surface area (Å²) in [6.45, 7) is 3.09. The molecule has 1 fully saturated rings. The van der Waals surface area contributed by atoms with Crippen LogP contribution in [0.4, 0.5) is 5.69 Å². The number of nitriles is 1. The number of fused-ring (bicyclic) bond motifs is 1. The highest BCUT2D eigenvalue weighted by atomic mass is 16.6. The van der Waals surface area contributed by atoms with Crippen molar-refractivity contribution < 1.29 is 24.9 Å². The van der Waals surface area contributed by atoms with Gasteiger partial charge in [0, 0.05) is 50.7 Å². The summed E-state index contributed by atoms with van der Waals surface area (Å²) in [6.07, 6.45) is -4.75. The van der Waals surface area contributed by atoms with Crippen molar-refractivity contribution in [1.29, 1.82) is 5.26 Å². The van der Waals surface area contributed by atoms with E-state index in [4.69, 9.17) is 4.74 Å². The maximum Gasteiger partial charge on any atom is 0.262 e. The summed E-state index contributed by atoms with van der Waals surface area (Å²) in [5.41, 5.74) is 4.20. The van der Waals surface area contributed by atoms with Crippen molar-refractivity contribution in [3.8, 4) is 17.3 Å². The molecule has 4 rings (SSSR count). The number of allylic oxidation sites excluding steroid dienone is 1. The van der Waals surface area contributed by atoms with Gasteiger partial charge in [0.15, 0.2) is 6.29 Å². The second kappa shape index (κ2) is 11.0. The van der Waals surface area contributed by atoms with E-state index in [0.717, 1.165) is 27.7 Å². The monoisotopic (exact) mass is 518 g/mol. The zero-order chi connectivity index (χ0) is 27.7. The molecule has 200 valence electrons. The molecule has 5 atom stereocenters. The lowest BCUT2D eigenvalue weighted by Crippen LogP contribution is -2.56. The molecule has 1 unspecified atom stereocenters. The van der Waals surface area contributed by atoms with Crippen LogP contribution in [0, 0.1) is 17.2 Å². The van der Waals surface area contributed by atoms with Crippen LogP contribution in [0.5, 0.6) is 0 Å². The molecule has 2 aromatic carbocycles. The summed E-state index contributed by atoms with van der Waals surface area (Å²) in [5.74, 6) is -1.30. The molecule has 0 saturated carbocycles. The van der Waals surface area contributed by atoms with E-state index in [1.54, 1.807) is 13.8 Å². The average Bonchev–Trinajstić information content (AvgIpc) is 3.29. The van der Waals surface area contributed by atoms with Crippen molar-refractivity contribution in [2.24, 2.45) is 13.0 Å². The first kappa shape index (κ1) is 27.4. The van der Waals surface area contributed by atoms with Crippen LogP contribution < -0.4 is 10.2 Å². The summed E-state index contributed by atoms with van der Waals surface area (Å²) >= 11 is 0. The van der Waals surface area contributed by atoms with Gasteiger partial charge in [-0.3, -0.25) is 4.79 Å². The van der Waals surface area contributed by atoms with E-state index in [0.29, 0.717) is 11.3 Å². The average molecular weight is 519 g/mol. The number of hydrogen-bond acceptors (Lipinski definition) is 7. The molecule has 0 aliphatic carbocycles. The van der Waals surface area contributed by atoms with Crippen LogP contribution in [0.3, 0.4) is 0 Å². The van der Waals surface area contributed by atoms with Crippen LogP contribution in [0.2, 0.25) is 0 Å². The highest BCUT2D eigenvalue weighted by molar-refractivity contribution is 6.04. The molecule has 1 aromatic heterocycles. The molecule has 1 saturated heterocycles. The van der Waals surface area contributed by atoms with Crippen molar-refractivity contribution in [1.82, 2.24) is 9.88 Å². The van der Waals surface area contributed by atoms with Crippen molar-refractivity contribution in [2.45, 2.75) is 38.4 Å². The summed E-state index contributed by atoms with van der Waals surface area (Å²) < 4.78 is 7.28. The fraction of sp³-hybridized carbons (Fsp3) is 0.379. The van der Waals surface area contributed by atoms with E-state index >= 15 is 0 Å². The molecule has 9 heteroatoms. The minimum atomic E-state index is -1.28. The van der Waals surface area contributed by atoms with E-state index in [9.17, 15) is 25.4 Å². The number of amides is 1. The van der Waals surface area contributed by atoms with Crippen LogP contribution in [0.15, 0.2) is 54.1 Å². The molecule has 3 aromatic rings. The third-order valence-electron chi connectivity index (χ3n) is 7.35. The maximum absolute atomic E-state index is 12.9. The lowest BCUT2D eigenvalue weighted by molar-refractivity contribution is -0.258. The Kier molecular flexibility index (Phi) is 7.90. The number of hydrogen-bond donors (Lipinski definition) is 4. The predicted molar refractivity (Wildman–Crippen MR) is 146 cm³/mol. The molecule has 0 spiro atoms. The first-order chi connectivity index (χ1) is 18.0. The number of aromatic nitrogens is 1. The van der Waals surface area contributed by atoms with Gasteiger partial charge in [0.05, 0.1) is 6.10 Å². The lowest BCUT2D eigenvalue weighted by atomic mass is 9.92. The Morgan fingerprint density at radius 1 is 1.08 bits per heavy atom. The fourth-order valence-electron chi connectivity index (χ4n) is 4.81. The van der Waals surface area contributed by atoms with Gasteiger partial charge in [-0.1, -0.05) is 25.1 Å². The van der Waals surface area contributed by atoms with Gasteiger partial charge >= 0.3 is 0 Å². The van der Waals surface area contributed by atoms with Gasteiger partial charge in [-0.05, 0) is 59.2 Å². The predicted octanol–water partition coefficient (Wildman–Crippen LogP) is 2.40. The maximum atomic E-state index is 12.9. The number of anilines is 1. The molecular weight excluding hydrogens is 484 g/mol. The summed E-state index contributed by atoms with van der Waals surface area (Å²) in [4.78, 5) is 15.0. The quantitative estimate of drug-likeness (QED) is 0.291. The van der Waals surface area contributed by atoms with Gasteiger partial charge in [0.25, 0.3) is 5.91 Å². The number of aliphatic hydroxyl groups is 3. The van der Waals surface area contributed by atoms with Crippen LogP contribution >= 0.6 is 0 Å². The molecule has 2 heterocycles. The Morgan fingerprint density at radius 3 is 2.45 bits per heavy atom. The number of nitrogens with zero attached hydrogens (tertiary/aromatic N) is 3. The van der Waals surface area contributed by atoms with Gasteiger partial charge in [-0.2, -0.15) is 5.26 Å². The van der Waals surface area contributed by atoms with Crippen molar-refractivity contribution in [3.63, 3.8) is 0 Å². The molecule has 1 aliphatic rings. The summed E-state index contributed by atoms with van der Waals surface area (Å²) in [7, 11) is 5.90. The number of aliphatic hydroxyl groups excluding tert-OH is 3. The Balaban J connectivity index is 1.55. The molecule has 38 heavy (non-hydrogen) atoms. The second-order valence-electron chi connectivity index (χ2n) is 10.0. The molecule has 1 aliphatic heterocycles. The Bertz CT molecular complexity index is 1420. The van der Waals surface area contributed by atoms with E-state index in [2.05, 4.69) is 46.6 Å². The standard InChI is InChI=1S/C29H34N4O5/c1-16(22(14-30)28(36)31-15-25-27(35)26(34)17(2)29(37)38-25)23-10-11-24(33(23)5)20-7-6-19-13-21(32(3)4)9-8-18(19)12-20/h6-13,17,25-27,29,34-35,37H,15H2,1-5H3,(H,31,36)/b22-16+/t17-,25-,26-,27-,29?/m1/s1. The van der Waals surface area contributed by atoms with Crippen molar-refractivity contribution >= 4 is 27.9 Å². The highest BCUT2D eigenvalue weighted by Gasteiger charge is 2.41. The topological polar surface area (TPSA) is 131 Å². The number of rotatable bonds is 6. The number of benzene rings is 2. The molecule has 0 radical (unpaired) electrons. The molecular formula is C29H34N4O5. The van der Waals surface area contributed by atoms with Gasteiger partial charge in [-0.25, -0.2) is 0 Å². The molecule has 1 amide bonds. The Morgan fingerprint density at radius 2 is 1.76 bits per heavy atom. The molecule has 9 nitrogen and oxygen atoms in total. The van der Waals surface area contributed by atoms with Gasteiger partial charge in [0.1, 0.15) is 23.9 Å². The van der Waals surface area contributed by atoms with Gasteiger partial charge in [0.2, 0.25) is 0 Å². The first-order valence-corrected chi connectivity index (χ1v) is 12.5. The second-order valence-corrected chi connectivity index (χ2v) is 10.0. The zero-order valence-electron chi connectivity index (χ0n) is 22.2. The smallest absolute Gasteiger partial charge is 0.262 e. The normalized spacial score (nSPS) is 24.0. The number of carbonyl (C=O) groups is 1. The minimum Gasteiger partial charge on any atom is -0.390 e. The van der Waals surface area contributed by atoms with Crippen molar-refractivity contribution in [3.05, 3.63) is 59.8 Å². The van der Waals surface area contributed by atoms with Gasteiger partial charge in [-0.15, -0.1) is 0 Å². The van der Waals surface area contributed by atoms with Crippen LogP contribution in [-0.4, -0.2) is 71.0 Å². The summed E-state index contributed by atoms with van der Waals surface area (Å²) in [5, 5.41) is 44.9. The van der Waals surface area contributed by atoms with Crippen LogP contribution in [0.1, 0.15) is 19.5 Å². The van der Waals surface area contributed by atoms with E-state index in [-0.39, 0.29) is 12.1 Å². The van der Waals surface area contributed by atoms with Crippen molar-refractivity contribution in [2.75, 3.05) is 25.5 Å². The fourth-order valence-corrected chi connectivity index (χ4v) is 4.81. The number of carbonyl (C=O) groups excluding carboxylic acids is 1. The first-order valence-electron chi connectivity index (χ1n) is 12.5. The Hall–Kier alpha value is -3.68. The highest BCUT2D eigenvalue weighted by Crippen LogP contribution is 2.30. The van der Waals surface area contributed by atoms with E-state index in [1.165, 1.54) is 0 Å². The van der Waals surface area contributed by atoms with Crippen LogP contribution in [-0.2, 0) is 16.6 Å².